The number of ether oxygens (including phenoxy) is 2. The Morgan fingerprint density at radius 3 is 2.50 bits per heavy atom. The summed E-state index contributed by atoms with van der Waals surface area (Å²) in [6.45, 7) is 0.337. The molecule has 6 heteroatoms. The molecule has 1 aliphatic rings. The number of hydrogen-bond donors (Lipinski definition) is 2. The van der Waals surface area contributed by atoms with Crippen molar-refractivity contribution in [3.63, 3.8) is 0 Å². The molecule has 0 saturated carbocycles. The first kappa shape index (κ1) is 16.1. The van der Waals surface area contributed by atoms with Crippen molar-refractivity contribution in [2.45, 2.75) is 25.8 Å². The predicted molar refractivity (Wildman–Crippen MR) is 89.8 cm³/mol. The van der Waals surface area contributed by atoms with Gasteiger partial charge in [-0.15, -0.1) is 0 Å². The number of carbonyl (C=O) groups excluding carboxylic acids is 1. The van der Waals surface area contributed by atoms with E-state index < -0.39 is 0 Å². The lowest BCUT2D eigenvalue weighted by molar-refractivity contribution is 0.0945. The highest BCUT2D eigenvalue weighted by atomic mass is 16.5. The van der Waals surface area contributed by atoms with Gasteiger partial charge in [0.2, 0.25) is 5.43 Å². The molecule has 2 aromatic rings. The van der Waals surface area contributed by atoms with Crippen molar-refractivity contribution < 1.29 is 14.3 Å². The first-order valence-corrected chi connectivity index (χ1v) is 7.86. The second kappa shape index (κ2) is 6.78. The average Bonchev–Trinajstić information content (AvgIpc) is 3.05. The van der Waals surface area contributed by atoms with Crippen molar-refractivity contribution in [1.82, 2.24) is 10.3 Å². The standard InChI is InChI=1S/C18H20N2O4/c1-23-16-7-12-5-3-4-11(12)6-13(16)9-20-18(22)14-8-15(21)17(24-2)10-19-14/h6-8,10H,3-5,9H2,1-2H3,(H,19,21)(H,20,22). The molecule has 24 heavy (non-hydrogen) atoms. The topological polar surface area (TPSA) is 80.4 Å². The van der Waals surface area contributed by atoms with Crippen LogP contribution in [0.3, 0.4) is 0 Å². The maximum absolute atomic E-state index is 12.2. The monoisotopic (exact) mass is 328 g/mol. The molecule has 1 amide bonds. The minimum atomic E-state index is -0.350. The quantitative estimate of drug-likeness (QED) is 0.877. The molecule has 0 atom stereocenters. The molecule has 0 radical (unpaired) electrons. The Morgan fingerprint density at radius 2 is 1.83 bits per heavy atom. The van der Waals surface area contributed by atoms with Crippen LogP contribution in [-0.4, -0.2) is 25.1 Å². The average molecular weight is 328 g/mol. The summed E-state index contributed by atoms with van der Waals surface area (Å²) in [5.74, 6) is 0.600. The van der Waals surface area contributed by atoms with Gasteiger partial charge in [0.15, 0.2) is 5.75 Å². The fourth-order valence-electron chi connectivity index (χ4n) is 3.00. The van der Waals surface area contributed by atoms with E-state index in [0.717, 1.165) is 30.6 Å². The highest BCUT2D eigenvalue weighted by Crippen LogP contribution is 2.29. The van der Waals surface area contributed by atoms with Crippen molar-refractivity contribution in [1.29, 1.82) is 0 Å². The van der Waals surface area contributed by atoms with E-state index in [9.17, 15) is 9.59 Å². The van der Waals surface area contributed by atoms with Crippen molar-refractivity contribution in [2.75, 3.05) is 14.2 Å². The third-order valence-electron chi connectivity index (χ3n) is 4.28. The van der Waals surface area contributed by atoms with E-state index in [1.54, 1.807) is 7.11 Å². The molecule has 1 heterocycles. The maximum atomic E-state index is 12.2. The lowest BCUT2D eigenvalue weighted by Gasteiger charge is -2.12. The number of benzene rings is 1. The molecular formula is C18H20N2O4. The Hall–Kier alpha value is -2.76. The number of amides is 1. The molecule has 0 aliphatic heterocycles. The van der Waals surface area contributed by atoms with Gasteiger partial charge in [0, 0.05) is 24.4 Å². The fraction of sp³-hybridized carbons (Fsp3) is 0.333. The van der Waals surface area contributed by atoms with Crippen LogP contribution in [0.25, 0.3) is 0 Å². The third-order valence-corrected chi connectivity index (χ3v) is 4.28. The van der Waals surface area contributed by atoms with E-state index in [4.69, 9.17) is 9.47 Å². The van der Waals surface area contributed by atoms with E-state index in [0.29, 0.717) is 6.54 Å². The van der Waals surface area contributed by atoms with Gasteiger partial charge in [-0.05, 0) is 36.5 Å². The molecule has 3 rings (SSSR count). The van der Waals surface area contributed by atoms with Crippen molar-refractivity contribution in [2.24, 2.45) is 0 Å². The van der Waals surface area contributed by atoms with Gasteiger partial charge >= 0.3 is 0 Å². The van der Waals surface area contributed by atoms with Gasteiger partial charge in [-0.3, -0.25) is 9.59 Å². The molecule has 126 valence electrons. The zero-order chi connectivity index (χ0) is 17.1. The summed E-state index contributed by atoms with van der Waals surface area (Å²) >= 11 is 0. The number of pyridine rings is 1. The molecule has 0 unspecified atom stereocenters. The lowest BCUT2D eigenvalue weighted by atomic mass is 10.0. The molecule has 0 bridgehead atoms. The van der Waals surface area contributed by atoms with Crippen LogP contribution in [0, 0.1) is 0 Å². The van der Waals surface area contributed by atoms with Gasteiger partial charge in [0.25, 0.3) is 5.91 Å². The number of carbonyl (C=O) groups is 1. The van der Waals surface area contributed by atoms with Crippen molar-refractivity contribution in [3.05, 3.63) is 57.0 Å². The van der Waals surface area contributed by atoms with Gasteiger partial charge in [0.1, 0.15) is 11.4 Å². The first-order chi connectivity index (χ1) is 11.6. The minimum absolute atomic E-state index is 0.173. The molecule has 1 aliphatic carbocycles. The summed E-state index contributed by atoms with van der Waals surface area (Å²) in [7, 11) is 3.04. The highest BCUT2D eigenvalue weighted by molar-refractivity contribution is 5.92. The van der Waals surface area contributed by atoms with Gasteiger partial charge < -0.3 is 19.8 Å². The van der Waals surface area contributed by atoms with Crippen LogP contribution < -0.4 is 20.2 Å². The molecule has 0 fully saturated rings. The number of aryl methyl sites for hydroxylation is 2. The second-order valence-electron chi connectivity index (χ2n) is 5.75. The van der Waals surface area contributed by atoms with Crippen LogP contribution in [0.4, 0.5) is 0 Å². The summed E-state index contributed by atoms with van der Waals surface area (Å²) in [6, 6.07) is 5.38. The zero-order valence-corrected chi connectivity index (χ0v) is 13.8. The van der Waals surface area contributed by atoms with Crippen LogP contribution in [0.5, 0.6) is 11.5 Å². The second-order valence-corrected chi connectivity index (χ2v) is 5.75. The minimum Gasteiger partial charge on any atom is -0.496 e. The summed E-state index contributed by atoms with van der Waals surface area (Å²) in [6.07, 6.45) is 4.67. The summed E-state index contributed by atoms with van der Waals surface area (Å²) in [5.41, 5.74) is 3.43. The summed E-state index contributed by atoms with van der Waals surface area (Å²) in [4.78, 5) is 26.7. The zero-order valence-electron chi connectivity index (χ0n) is 13.8. The third kappa shape index (κ3) is 3.13. The molecule has 0 saturated heterocycles. The van der Waals surface area contributed by atoms with Crippen LogP contribution in [0.1, 0.15) is 33.6 Å². The van der Waals surface area contributed by atoms with Crippen LogP contribution in [0.2, 0.25) is 0 Å². The van der Waals surface area contributed by atoms with Crippen LogP contribution in [-0.2, 0) is 19.4 Å². The molecule has 6 nitrogen and oxygen atoms in total. The van der Waals surface area contributed by atoms with E-state index in [-0.39, 0.29) is 22.8 Å². The Bertz CT molecular complexity index is 826. The first-order valence-electron chi connectivity index (χ1n) is 7.86. The van der Waals surface area contributed by atoms with E-state index in [1.165, 1.54) is 30.5 Å². The number of methoxy groups -OCH3 is 2. The molecule has 1 aromatic carbocycles. The normalized spacial score (nSPS) is 12.6. The number of aromatic amines is 1. The van der Waals surface area contributed by atoms with E-state index in [2.05, 4.69) is 22.4 Å². The molecule has 2 N–H and O–H groups in total. The van der Waals surface area contributed by atoms with Gasteiger partial charge in [-0.1, -0.05) is 6.07 Å². The Morgan fingerprint density at radius 1 is 1.12 bits per heavy atom. The Balaban J connectivity index is 1.75. The SMILES string of the molecule is COc1cc2c(cc1CNC(=O)c1cc(=O)c(OC)c[nH]1)CCC2. The Labute approximate surface area is 139 Å². The molecule has 1 aromatic heterocycles. The fourth-order valence-corrected chi connectivity index (χ4v) is 3.00. The largest absolute Gasteiger partial charge is 0.496 e. The van der Waals surface area contributed by atoms with Crippen molar-refractivity contribution in [3.8, 4) is 11.5 Å². The van der Waals surface area contributed by atoms with E-state index in [1.807, 2.05) is 0 Å². The maximum Gasteiger partial charge on any atom is 0.268 e. The predicted octanol–water partition coefficient (Wildman–Crippen LogP) is 1.81. The number of nitrogens with one attached hydrogen (secondary N) is 2. The summed E-state index contributed by atoms with van der Waals surface area (Å²) in [5, 5.41) is 2.82. The van der Waals surface area contributed by atoms with Gasteiger partial charge in [-0.2, -0.15) is 0 Å². The number of hydrogen-bond acceptors (Lipinski definition) is 4. The van der Waals surface area contributed by atoms with Crippen LogP contribution >= 0.6 is 0 Å². The van der Waals surface area contributed by atoms with Crippen LogP contribution in [0.15, 0.2) is 29.2 Å². The number of fused-ring (bicyclic) bond motifs is 1. The number of rotatable bonds is 5. The number of H-pyrrole nitrogens is 1. The number of aromatic nitrogens is 1. The molecular weight excluding hydrogens is 308 g/mol. The van der Waals surface area contributed by atoms with Crippen molar-refractivity contribution >= 4 is 5.91 Å². The van der Waals surface area contributed by atoms with Gasteiger partial charge in [-0.25, -0.2) is 0 Å². The smallest absolute Gasteiger partial charge is 0.268 e. The lowest BCUT2D eigenvalue weighted by Crippen LogP contribution is -2.25. The summed E-state index contributed by atoms with van der Waals surface area (Å²) < 4.78 is 10.3. The highest BCUT2D eigenvalue weighted by Gasteiger charge is 2.16. The van der Waals surface area contributed by atoms with Gasteiger partial charge in [0.05, 0.1) is 14.2 Å². The molecule has 0 spiro atoms. The van der Waals surface area contributed by atoms with E-state index >= 15 is 0 Å². The Kier molecular flexibility index (Phi) is 4.55.